The van der Waals surface area contributed by atoms with Gasteiger partial charge < -0.3 is 11.1 Å². The lowest BCUT2D eigenvalue weighted by Crippen LogP contribution is -2.02. The summed E-state index contributed by atoms with van der Waals surface area (Å²) in [5, 5.41) is 0. The molecule has 1 aromatic carbocycles. The average molecular weight is 234 g/mol. The summed E-state index contributed by atoms with van der Waals surface area (Å²) in [6.45, 7) is 2.67. The summed E-state index contributed by atoms with van der Waals surface area (Å²) in [6.07, 6.45) is 7.82. The second-order valence-electron chi connectivity index (χ2n) is 3.71. The Morgan fingerprint density at radius 3 is 2.50 bits per heavy atom. The maximum atomic E-state index is 8.89. The minimum absolute atomic E-state index is 0.628. The first-order valence-electron chi connectivity index (χ1n) is 5.34. The van der Waals surface area contributed by atoms with Crippen molar-refractivity contribution in [2.24, 2.45) is 0 Å². The van der Waals surface area contributed by atoms with Gasteiger partial charge in [-0.05, 0) is 22.8 Å². The summed E-state index contributed by atoms with van der Waals surface area (Å²) >= 11 is 0. The summed E-state index contributed by atoms with van der Waals surface area (Å²) in [4.78, 5) is 5.54. The molecule has 18 heavy (non-hydrogen) atoms. The summed E-state index contributed by atoms with van der Waals surface area (Å²) in [6, 6.07) is 8.18. The number of allylic oxidation sites excluding steroid dienone is 5. The Labute approximate surface area is 104 Å². The van der Waals surface area contributed by atoms with Gasteiger partial charge in [0.05, 0.1) is 5.57 Å². The van der Waals surface area contributed by atoms with Crippen LogP contribution in [-0.4, -0.2) is 22.0 Å². The molecule has 4 heteroatoms. The van der Waals surface area contributed by atoms with Crippen molar-refractivity contribution in [1.82, 2.24) is 0 Å². The molecule has 86 valence electrons. The Kier molecular flexibility index (Phi) is 3.26. The van der Waals surface area contributed by atoms with Crippen LogP contribution in [0, 0.1) is 0 Å². The minimum atomic E-state index is 0.628. The van der Waals surface area contributed by atoms with E-state index in [1.165, 1.54) is 11.1 Å². The van der Waals surface area contributed by atoms with Gasteiger partial charge in [-0.15, -0.1) is 0 Å². The fourth-order valence-electron chi connectivity index (χ4n) is 2.05. The van der Waals surface area contributed by atoms with E-state index < -0.39 is 0 Å². The van der Waals surface area contributed by atoms with Crippen molar-refractivity contribution < 1.29 is 9.58 Å². The van der Waals surface area contributed by atoms with Crippen LogP contribution in [-0.2, 0) is 0 Å². The molecule has 0 bridgehead atoms. The Bertz CT molecular complexity index is 665. The van der Waals surface area contributed by atoms with Crippen LogP contribution in [0.1, 0.15) is 11.1 Å². The van der Waals surface area contributed by atoms with Gasteiger partial charge in [0.2, 0.25) is 6.72 Å². The zero-order chi connectivity index (χ0) is 13.0. The lowest BCUT2D eigenvalue weighted by atomic mass is 9.96. The molecule has 0 unspecified atom stereocenters. The van der Waals surface area contributed by atoms with Crippen LogP contribution in [0.2, 0.25) is 0 Å². The van der Waals surface area contributed by atoms with Crippen LogP contribution in [0.25, 0.3) is 22.7 Å². The summed E-state index contributed by atoms with van der Waals surface area (Å²) in [5.74, 6) is 0. The highest BCUT2D eigenvalue weighted by atomic mass is 14.9. The Hall–Kier alpha value is -2.80. The van der Waals surface area contributed by atoms with Crippen molar-refractivity contribution in [3.63, 3.8) is 0 Å². The van der Waals surface area contributed by atoms with Crippen molar-refractivity contribution in [3.8, 4) is 0 Å². The maximum Gasteiger partial charge on any atom is 0.323 e. The molecule has 0 amide bonds. The van der Waals surface area contributed by atoms with Gasteiger partial charge in [0.1, 0.15) is 0 Å². The van der Waals surface area contributed by atoms with E-state index in [1.807, 2.05) is 24.3 Å². The molecule has 0 aliphatic heterocycles. The molecule has 0 saturated heterocycles. The third-order valence-corrected chi connectivity index (χ3v) is 2.74. The second kappa shape index (κ2) is 5.02. The quantitative estimate of drug-likeness (QED) is 0.376. The largest absolute Gasteiger partial charge is 0.362 e. The smallest absolute Gasteiger partial charge is 0.323 e. The van der Waals surface area contributed by atoms with Crippen LogP contribution in [0.5, 0.6) is 0 Å². The first-order valence-corrected chi connectivity index (χ1v) is 5.34. The molecule has 2 aliphatic carbocycles. The zero-order valence-electron chi connectivity index (χ0n) is 9.61. The van der Waals surface area contributed by atoms with E-state index in [9.17, 15) is 0 Å². The number of rotatable bonds is 0. The number of fused-ring (bicyclic) bond motifs is 3. The SMILES string of the molecule is C=[N+]=[N-].[N-]=[N+]=C1C=CC=C2C1=Cc1ccccc12. The van der Waals surface area contributed by atoms with Crippen LogP contribution >= 0.6 is 0 Å². The first-order chi connectivity index (χ1) is 8.81. The molecular weight excluding hydrogens is 224 g/mol. The lowest BCUT2D eigenvalue weighted by Gasteiger charge is -2.04. The number of nitrogens with zero attached hydrogens (tertiary/aromatic N) is 4. The van der Waals surface area contributed by atoms with Crippen LogP contribution in [0.15, 0.2) is 48.1 Å². The standard InChI is InChI=1S/C13H8N2.CH2N2/c14-15-13-7-3-6-11-10-5-2-1-4-9(10)8-12(11)13;1-3-2/h1-8H;1H2. The van der Waals surface area contributed by atoms with Crippen LogP contribution < -0.4 is 0 Å². The van der Waals surface area contributed by atoms with Crippen molar-refractivity contribution in [2.45, 2.75) is 0 Å². The van der Waals surface area contributed by atoms with E-state index >= 15 is 0 Å². The molecule has 0 atom stereocenters. The van der Waals surface area contributed by atoms with E-state index in [4.69, 9.17) is 11.1 Å². The van der Waals surface area contributed by atoms with Gasteiger partial charge in [-0.2, -0.15) is 9.58 Å². The molecule has 4 nitrogen and oxygen atoms in total. The topological polar surface area (TPSA) is 72.8 Å². The van der Waals surface area contributed by atoms with E-state index in [0.29, 0.717) is 5.71 Å². The molecule has 0 spiro atoms. The van der Waals surface area contributed by atoms with Gasteiger partial charge in [-0.25, -0.2) is 0 Å². The first kappa shape index (κ1) is 11.7. The Morgan fingerprint density at radius 1 is 1.06 bits per heavy atom. The van der Waals surface area contributed by atoms with Crippen LogP contribution in [0.3, 0.4) is 0 Å². The molecule has 0 fully saturated rings. The fraction of sp³-hybridized carbons (Fsp3) is 0. The normalized spacial score (nSPS) is 14.1. The summed E-state index contributed by atoms with van der Waals surface area (Å²) < 4.78 is 0. The zero-order valence-corrected chi connectivity index (χ0v) is 9.61. The molecule has 0 N–H and O–H groups in total. The second-order valence-corrected chi connectivity index (χ2v) is 3.71. The molecule has 0 heterocycles. The number of hydrogen-bond donors (Lipinski definition) is 0. The summed E-state index contributed by atoms with van der Waals surface area (Å²) in [7, 11) is 0. The molecule has 0 aromatic heterocycles. The molecule has 3 rings (SSSR count). The average Bonchev–Trinajstić information content (AvgIpc) is 2.78. The van der Waals surface area contributed by atoms with Crippen molar-refractivity contribution in [1.29, 1.82) is 0 Å². The molecule has 0 radical (unpaired) electrons. The van der Waals surface area contributed by atoms with Crippen molar-refractivity contribution in [3.05, 3.63) is 70.3 Å². The van der Waals surface area contributed by atoms with Gasteiger partial charge in [0.15, 0.2) is 0 Å². The molecule has 0 saturated carbocycles. The van der Waals surface area contributed by atoms with Crippen LogP contribution in [0.4, 0.5) is 0 Å². The number of hydrogen-bond acceptors (Lipinski definition) is 0. The van der Waals surface area contributed by atoms with Gasteiger partial charge in [0, 0.05) is 6.08 Å². The summed E-state index contributed by atoms with van der Waals surface area (Å²) in [5.41, 5.74) is 21.1. The van der Waals surface area contributed by atoms with Crippen molar-refractivity contribution >= 4 is 24.1 Å². The Morgan fingerprint density at radius 2 is 1.78 bits per heavy atom. The highest BCUT2D eigenvalue weighted by molar-refractivity contribution is 6.23. The number of benzene rings is 1. The molecule has 1 aromatic rings. The van der Waals surface area contributed by atoms with Gasteiger partial charge in [0.25, 0.3) is 0 Å². The van der Waals surface area contributed by atoms with E-state index in [1.54, 1.807) is 6.08 Å². The third kappa shape index (κ3) is 1.89. The van der Waals surface area contributed by atoms with E-state index in [-0.39, 0.29) is 0 Å². The predicted octanol–water partition coefficient (Wildman–Crippen LogP) is 2.62. The highest BCUT2D eigenvalue weighted by Crippen LogP contribution is 2.37. The molecular formula is C14H10N4. The van der Waals surface area contributed by atoms with Gasteiger partial charge in [-0.1, -0.05) is 36.4 Å². The van der Waals surface area contributed by atoms with Crippen molar-refractivity contribution in [2.75, 3.05) is 0 Å². The monoisotopic (exact) mass is 234 g/mol. The van der Waals surface area contributed by atoms with Gasteiger partial charge in [-0.3, -0.25) is 0 Å². The maximum absolute atomic E-state index is 8.89. The Balaban J connectivity index is 0.000000367. The minimum Gasteiger partial charge on any atom is -0.362 e. The highest BCUT2D eigenvalue weighted by Gasteiger charge is 2.26. The fourth-order valence-corrected chi connectivity index (χ4v) is 2.05. The lowest BCUT2D eigenvalue weighted by molar-refractivity contribution is -0.00207. The van der Waals surface area contributed by atoms with Gasteiger partial charge >= 0.3 is 5.71 Å². The van der Waals surface area contributed by atoms with E-state index in [0.717, 1.165) is 11.1 Å². The molecule has 2 aliphatic rings. The van der Waals surface area contributed by atoms with E-state index in [2.05, 4.69) is 34.5 Å². The predicted molar refractivity (Wildman–Crippen MR) is 70.9 cm³/mol. The third-order valence-electron chi connectivity index (χ3n) is 2.74.